The molecule has 26 heavy (non-hydrogen) atoms. The number of aliphatic imine (C=N–C) groups is 1. The SMILES string of the molecule is CCOC(CCNC(=NC)Nc1ccc(OC)c(OC)c1)C1CCCC1. The Bertz CT molecular complexity index is 571. The molecular weight excluding hydrogens is 330 g/mol. The van der Waals surface area contributed by atoms with Crippen LogP contribution in [0.25, 0.3) is 0 Å². The van der Waals surface area contributed by atoms with E-state index in [1.165, 1.54) is 25.7 Å². The van der Waals surface area contributed by atoms with Crippen molar-refractivity contribution in [3.8, 4) is 11.5 Å². The molecule has 6 nitrogen and oxygen atoms in total. The minimum Gasteiger partial charge on any atom is -0.493 e. The van der Waals surface area contributed by atoms with Crippen molar-refractivity contribution in [2.75, 3.05) is 39.7 Å². The topological polar surface area (TPSA) is 64.1 Å². The molecule has 1 unspecified atom stereocenters. The van der Waals surface area contributed by atoms with E-state index >= 15 is 0 Å². The van der Waals surface area contributed by atoms with Crippen molar-refractivity contribution in [3.63, 3.8) is 0 Å². The Balaban J connectivity index is 1.87. The molecule has 2 N–H and O–H groups in total. The van der Waals surface area contributed by atoms with E-state index < -0.39 is 0 Å². The highest BCUT2D eigenvalue weighted by Gasteiger charge is 2.25. The van der Waals surface area contributed by atoms with Crippen LogP contribution in [0.4, 0.5) is 5.69 Å². The summed E-state index contributed by atoms with van der Waals surface area (Å²) in [7, 11) is 5.03. The number of anilines is 1. The van der Waals surface area contributed by atoms with Gasteiger partial charge in [0.15, 0.2) is 17.5 Å². The Hall–Kier alpha value is -1.95. The summed E-state index contributed by atoms with van der Waals surface area (Å²) in [6.07, 6.45) is 6.60. The summed E-state index contributed by atoms with van der Waals surface area (Å²) in [5, 5.41) is 6.68. The van der Waals surface area contributed by atoms with Crippen molar-refractivity contribution in [1.82, 2.24) is 5.32 Å². The largest absolute Gasteiger partial charge is 0.493 e. The smallest absolute Gasteiger partial charge is 0.195 e. The van der Waals surface area contributed by atoms with Gasteiger partial charge in [-0.1, -0.05) is 12.8 Å². The van der Waals surface area contributed by atoms with Gasteiger partial charge in [-0.25, -0.2) is 0 Å². The van der Waals surface area contributed by atoms with E-state index in [1.54, 1.807) is 21.3 Å². The van der Waals surface area contributed by atoms with Gasteiger partial charge < -0.3 is 24.8 Å². The lowest BCUT2D eigenvalue weighted by molar-refractivity contribution is 0.0170. The van der Waals surface area contributed by atoms with Crippen LogP contribution in [0.5, 0.6) is 11.5 Å². The molecule has 0 radical (unpaired) electrons. The Labute approximate surface area is 157 Å². The number of hydrogen-bond acceptors (Lipinski definition) is 4. The van der Waals surface area contributed by atoms with Crippen LogP contribution in [-0.2, 0) is 4.74 Å². The third kappa shape index (κ3) is 5.80. The van der Waals surface area contributed by atoms with Gasteiger partial charge in [-0.05, 0) is 44.2 Å². The summed E-state index contributed by atoms with van der Waals surface area (Å²) < 4.78 is 16.6. The third-order valence-corrected chi connectivity index (χ3v) is 4.90. The second-order valence-electron chi connectivity index (χ2n) is 6.52. The fraction of sp³-hybridized carbons (Fsp3) is 0.650. The molecule has 2 rings (SSSR count). The van der Waals surface area contributed by atoms with E-state index in [-0.39, 0.29) is 0 Å². The number of ether oxygens (including phenoxy) is 3. The Morgan fingerprint density at radius 3 is 2.54 bits per heavy atom. The normalized spacial score (nSPS) is 16.4. The lowest BCUT2D eigenvalue weighted by Gasteiger charge is -2.24. The first kappa shape index (κ1) is 20.4. The van der Waals surface area contributed by atoms with Crippen LogP contribution in [0.15, 0.2) is 23.2 Å². The highest BCUT2D eigenvalue weighted by Crippen LogP contribution is 2.31. The zero-order valence-corrected chi connectivity index (χ0v) is 16.5. The molecule has 0 spiro atoms. The highest BCUT2D eigenvalue weighted by atomic mass is 16.5. The minimum atomic E-state index is 0.342. The summed E-state index contributed by atoms with van der Waals surface area (Å²) in [6, 6.07) is 5.71. The molecule has 1 fully saturated rings. The van der Waals surface area contributed by atoms with Crippen molar-refractivity contribution < 1.29 is 14.2 Å². The van der Waals surface area contributed by atoms with Crippen LogP contribution in [0.2, 0.25) is 0 Å². The average Bonchev–Trinajstić information content (AvgIpc) is 3.20. The van der Waals surface area contributed by atoms with Crippen LogP contribution in [0.3, 0.4) is 0 Å². The van der Waals surface area contributed by atoms with Crippen molar-refractivity contribution >= 4 is 11.6 Å². The van der Waals surface area contributed by atoms with E-state index in [0.717, 1.165) is 31.2 Å². The first-order valence-corrected chi connectivity index (χ1v) is 9.53. The lowest BCUT2D eigenvalue weighted by Crippen LogP contribution is -2.34. The molecule has 0 amide bonds. The predicted molar refractivity (Wildman–Crippen MR) is 107 cm³/mol. The van der Waals surface area contributed by atoms with Crippen LogP contribution >= 0.6 is 0 Å². The van der Waals surface area contributed by atoms with Gasteiger partial charge in [0.2, 0.25) is 0 Å². The molecule has 1 aromatic carbocycles. The molecule has 0 aliphatic heterocycles. The number of methoxy groups -OCH3 is 2. The summed E-state index contributed by atoms with van der Waals surface area (Å²) in [4.78, 5) is 4.30. The average molecular weight is 364 g/mol. The molecule has 0 saturated heterocycles. The van der Waals surface area contributed by atoms with Gasteiger partial charge in [0.25, 0.3) is 0 Å². The zero-order chi connectivity index (χ0) is 18.8. The molecule has 0 bridgehead atoms. The van der Waals surface area contributed by atoms with E-state index in [2.05, 4.69) is 22.5 Å². The number of nitrogens with zero attached hydrogens (tertiary/aromatic N) is 1. The zero-order valence-electron chi connectivity index (χ0n) is 16.5. The second-order valence-corrected chi connectivity index (χ2v) is 6.52. The Morgan fingerprint density at radius 1 is 1.19 bits per heavy atom. The monoisotopic (exact) mass is 363 g/mol. The third-order valence-electron chi connectivity index (χ3n) is 4.90. The molecule has 1 atom stereocenters. The van der Waals surface area contributed by atoms with Crippen LogP contribution in [-0.4, -0.2) is 46.5 Å². The number of rotatable bonds is 9. The van der Waals surface area contributed by atoms with Crippen molar-refractivity contribution in [3.05, 3.63) is 18.2 Å². The first-order chi connectivity index (χ1) is 12.7. The van der Waals surface area contributed by atoms with Crippen molar-refractivity contribution in [2.24, 2.45) is 10.9 Å². The fourth-order valence-electron chi connectivity index (χ4n) is 3.56. The van der Waals surface area contributed by atoms with Crippen LogP contribution in [0.1, 0.15) is 39.0 Å². The number of nitrogens with one attached hydrogen (secondary N) is 2. The summed E-state index contributed by atoms with van der Waals surface area (Å²) in [6.45, 7) is 3.68. The minimum absolute atomic E-state index is 0.342. The Morgan fingerprint density at radius 2 is 1.92 bits per heavy atom. The number of hydrogen-bond donors (Lipinski definition) is 2. The molecule has 1 aromatic rings. The summed E-state index contributed by atoms with van der Waals surface area (Å²) >= 11 is 0. The molecule has 0 aromatic heterocycles. The van der Waals surface area contributed by atoms with Gasteiger partial charge >= 0.3 is 0 Å². The van der Waals surface area contributed by atoms with Crippen LogP contribution < -0.4 is 20.1 Å². The maximum absolute atomic E-state index is 5.98. The van der Waals surface area contributed by atoms with Crippen molar-refractivity contribution in [2.45, 2.75) is 45.1 Å². The van der Waals surface area contributed by atoms with Gasteiger partial charge in [0.1, 0.15) is 0 Å². The van der Waals surface area contributed by atoms with E-state index in [0.29, 0.717) is 23.5 Å². The molecule has 1 aliphatic carbocycles. The Kier molecular flexibility index (Phi) is 8.54. The first-order valence-electron chi connectivity index (χ1n) is 9.53. The summed E-state index contributed by atoms with van der Waals surface area (Å²) in [5.74, 6) is 2.83. The molecule has 1 aliphatic rings. The van der Waals surface area contributed by atoms with Gasteiger partial charge in [0.05, 0.1) is 20.3 Å². The molecular formula is C20H33N3O3. The maximum atomic E-state index is 5.98. The van der Waals surface area contributed by atoms with Crippen LogP contribution in [0, 0.1) is 5.92 Å². The quantitative estimate of drug-likeness (QED) is 0.518. The molecule has 146 valence electrons. The molecule has 1 saturated carbocycles. The van der Waals surface area contributed by atoms with Crippen molar-refractivity contribution in [1.29, 1.82) is 0 Å². The maximum Gasteiger partial charge on any atom is 0.195 e. The van der Waals surface area contributed by atoms with Gasteiger partial charge in [-0.2, -0.15) is 0 Å². The molecule has 0 heterocycles. The number of guanidine groups is 1. The highest BCUT2D eigenvalue weighted by molar-refractivity contribution is 5.93. The standard InChI is InChI=1S/C20H33N3O3/c1-5-26-17(15-8-6-7-9-15)12-13-22-20(21-2)23-16-10-11-18(24-3)19(14-16)25-4/h10-11,14-15,17H,5-9,12-13H2,1-4H3,(H2,21,22,23). The predicted octanol–water partition coefficient (Wildman–Crippen LogP) is 3.68. The second kappa shape index (κ2) is 10.9. The number of benzene rings is 1. The summed E-state index contributed by atoms with van der Waals surface area (Å²) in [5.41, 5.74) is 0.896. The fourth-order valence-corrected chi connectivity index (χ4v) is 3.56. The van der Waals surface area contributed by atoms with Gasteiger partial charge in [-0.3, -0.25) is 4.99 Å². The van der Waals surface area contributed by atoms with E-state index in [1.807, 2.05) is 18.2 Å². The van der Waals surface area contributed by atoms with E-state index in [9.17, 15) is 0 Å². The lowest BCUT2D eigenvalue weighted by atomic mass is 9.98. The van der Waals surface area contributed by atoms with E-state index in [4.69, 9.17) is 14.2 Å². The van der Waals surface area contributed by atoms with Gasteiger partial charge in [0, 0.05) is 32.0 Å². The molecule has 6 heteroatoms. The van der Waals surface area contributed by atoms with Gasteiger partial charge in [-0.15, -0.1) is 0 Å².